The van der Waals surface area contributed by atoms with E-state index in [4.69, 9.17) is 9.15 Å². The van der Waals surface area contributed by atoms with Crippen LogP contribution in [0.2, 0.25) is 0 Å². The van der Waals surface area contributed by atoms with Gasteiger partial charge in [0.25, 0.3) is 5.91 Å². The Labute approximate surface area is 203 Å². The third-order valence-corrected chi connectivity index (χ3v) is 6.20. The minimum Gasteiger partial charge on any atom is -0.444 e. The molecule has 1 atom stereocenters. The fourth-order valence-electron chi connectivity index (χ4n) is 4.46. The quantitative estimate of drug-likeness (QED) is 0.532. The number of hydrogen-bond donors (Lipinski definition) is 0. The van der Waals surface area contributed by atoms with Crippen molar-refractivity contribution in [2.24, 2.45) is 0 Å². The number of nitrogens with zero attached hydrogens (tertiary/aromatic N) is 4. The molecule has 9 nitrogen and oxygen atoms in total. The summed E-state index contributed by atoms with van der Waals surface area (Å²) in [6, 6.07) is 14.1. The Morgan fingerprint density at radius 2 is 1.69 bits per heavy atom. The van der Waals surface area contributed by atoms with Crippen LogP contribution in [0.25, 0.3) is 22.6 Å². The molecule has 0 unspecified atom stereocenters. The number of ether oxygens (including phenoxy) is 1. The molecule has 2 fully saturated rings. The van der Waals surface area contributed by atoms with Crippen molar-refractivity contribution in [2.45, 2.75) is 38.8 Å². The van der Waals surface area contributed by atoms with E-state index in [1.807, 2.05) is 49.9 Å². The van der Waals surface area contributed by atoms with E-state index in [9.17, 15) is 14.4 Å². The normalized spacial score (nSPS) is 19.6. The molecule has 0 N–H and O–H groups in total. The van der Waals surface area contributed by atoms with E-state index in [1.165, 1.54) is 4.90 Å². The van der Waals surface area contributed by atoms with Gasteiger partial charge in [-0.3, -0.25) is 14.5 Å². The predicted octanol–water partition coefficient (Wildman–Crippen LogP) is 3.68. The van der Waals surface area contributed by atoms with Crippen LogP contribution >= 0.6 is 0 Å². The summed E-state index contributed by atoms with van der Waals surface area (Å²) in [4.78, 5) is 47.7. The van der Waals surface area contributed by atoms with Crippen molar-refractivity contribution >= 4 is 34.7 Å². The molecule has 2 aliphatic heterocycles. The van der Waals surface area contributed by atoms with Crippen LogP contribution in [-0.4, -0.2) is 70.5 Å². The zero-order chi connectivity index (χ0) is 24.7. The summed E-state index contributed by atoms with van der Waals surface area (Å²) in [5, 5.41) is 0. The molecule has 0 bridgehead atoms. The van der Waals surface area contributed by atoms with Crippen LogP contribution < -0.4 is 4.90 Å². The van der Waals surface area contributed by atoms with E-state index >= 15 is 0 Å². The van der Waals surface area contributed by atoms with Gasteiger partial charge in [-0.1, -0.05) is 12.1 Å². The predicted molar refractivity (Wildman–Crippen MR) is 130 cm³/mol. The van der Waals surface area contributed by atoms with E-state index in [1.54, 1.807) is 29.2 Å². The molecular weight excluding hydrogens is 448 g/mol. The zero-order valence-corrected chi connectivity index (χ0v) is 20.1. The molecule has 2 aliphatic rings. The van der Waals surface area contributed by atoms with Gasteiger partial charge in [-0.25, -0.2) is 14.7 Å². The largest absolute Gasteiger partial charge is 0.444 e. The highest BCUT2D eigenvalue weighted by Crippen LogP contribution is 2.30. The first-order valence-electron chi connectivity index (χ1n) is 11.7. The molecule has 2 aromatic carbocycles. The van der Waals surface area contributed by atoms with Gasteiger partial charge in [0.05, 0.1) is 18.2 Å². The van der Waals surface area contributed by atoms with E-state index in [2.05, 4.69) is 4.98 Å². The minimum atomic E-state index is -0.557. The summed E-state index contributed by atoms with van der Waals surface area (Å²) in [5.74, 6) is 0.0112. The van der Waals surface area contributed by atoms with Gasteiger partial charge in [0.1, 0.15) is 11.1 Å². The number of aromatic nitrogens is 1. The van der Waals surface area contributed by atoms with Crippen LogP contribution in [0.15, 0.2) is 52.9 Å². The van der Waals surface area contributed by atoms with Crippen molar-refractivity contribution in [3.05, 3.63) is 48.5 Å². The lowest BCUT2D eigenvalue weighted by atomic mass is 10.1. The molecule has 3 aromatic rings. The maximum absolute atomic E-state index is 13.2. The Kier molecular flexibility index (Phi) is 5.80. The lowest BCUT2D eigenvalue weighted by Gasteiger charge is -2.37. The molecule has 0 saturated carbocycles. The highest BCUT2D eigenvalue weighted by Gasteiger charge is 2.43. The first kappa shape index (κ1) is 23.0. The first-order valence-corrected chi connectivity index (χ1v) is 11.7. The van der Waals surface area contributed by atoms with Crippen LogP contribution in [0.3, 0.4) is 0 Å². The number of amides is 3. The summed E-state index contributed by atoms with van der Waals surface area (Å²) in [5.41, 5.74) is 2.20. The van der Waals surface area contributed by atoms with E-state index < -0.39 is 11.6 Å². The molecule has 5 rings (SSSR count). The topological polar surface area (TPSA) is 96.2 Å². The van der Waals surface area contributed by atoms with E-state index in [0.717, 1.165) is 11.1 Å². The number of carbonyl (C=O) groups excluding carboxylic acids is 3. The molecule has 3 amide bonds. The number of anilines is 1. The first-order chi connectivity index (χ1) is 16.7. The third-order valence-electron chi connectivity index (χ3n) is 6.20. The molecule has 2 saturated heterocycles. The van der Waals surface area contributed by atoms with Gasteiger partial charge in [-0.15, -0.1) is 0 Å². The fraction of sp³-hybridized carbons (Fsp3) is 0.385. The third kappa shape index (κ3) is 4.64. The van der Waals surface area contributed by atoms with Gasteiger partial charge >= 0.3 is 6.09 Å². The highest BCUT2D eigenvalue weighted by atomic mass is 16.6. The Bertz CT molecular complexity index is 1240. The molecule has 182 valence electrons. The number of carbonyl (C=O) groups is 3. The summed E-state index contributed by atoms with van der Waals surface area (Å²) in [7, 11) is 0. The number of oxazole rings is 1. The number of rotatable bonds is 3. The second-order valence-corrected chi connectivity index (χ2v) is 9.82. The molecule has 0 spiro atoms. The van der Waals surface area contributed by atoms with Crippen LogP contribution in [-0.2, 0) is 14.3 Å². The number of fused-ring (bicyclic) bond motifs is 1. The summed E-state index contributed by atoms with van der Waals surface area (Å²) >= 11 is 0. The Hall–Kier alpha value is -3.72. The fourth-order valence-corrected chi connectivity index (χ4v) is 4.46. The van der Waals surface area contributed by atoms with Crippen molar-refractivity contribution < 1.29 is 23.5 Å². The molecule has 0 radical (unpaired) electrons. The van der Waals surface area contributed by atoms with Crippen molar-refractivity contribution in [3.63, 3.8) is 0 Å². The van der Waals surface area contributed by atoms with Gasteiger partial charge in [0, 0.05) is 31.7 Å². The second-order valence-electron chi connectivity index (χ2n) is 9.82. The molecule has 0 aliphatic carbocycles. The van der Waals surface area contributed by atoms with Gasteiger partial charge in [-0.2, -0.15) is 0 Å². The average Bonchev–Trinajstić information content (AvgIpc) is 3.39. The number of imide groups is 1. The lowest BCUT2D eigenvalue weighted by molar-refractivity contribution is -0.123. The zero-order valence-electron chi connectivity index (χ0n) is 20.1. The standard InChI is InChI=1S/C26H28N4O5/c1-26(2,3)35-25(33)29-14-12-28(13-15-29)20-16-22(31)30(24(20)32)18-10-8-17(9-11-18)23-27-19-6-4-5-7-21(19)34-23/h4-11,20H,12-16H2,1-3H3/t20-/m0/s1. The molecule has 9 heteroatoms. The molecule has 35 heavy (non-hydrogen) atoms. The van der Waals surface area contributed by atoms with Crippen molar-refractivity contribution in [2.75, 3.05) is 31.1 Å². The van der Waals surface area contributed by atoms with Gasteiger partial charge in [0.2, 0.25) is 11.8 Å². The molecule has 1 aromatic heterocycles. The van der Waals surface area contributed by atoms with Gasteiger partial charge in [-0.05, 0) is 57.2 Å². The number of para-hydroxylation sites is 2. The smallest absolute Gasteiger partial charge is 0.410 e. The summed E-state index contributed by atoms with van der Waals surface area (Å²) < 4.78 is 11.2. The van der Waals surface area contributed by atoms with Gasteiger partial charge < -0.3 is 14.1 Å². The van der Waals surface area contributed by atoms with Crippen LogP contribution in [0.4, 0.5) is 10.5 Å². The van der Waals surface area contributed by atoms with E-state index in [-0.39, 0.29) is 24.3 Å². The van der Waals surface area contributed by atoms with Crippen LogP contribution in [0.5, 0.6) is 0 Å². The number of piperazine rings is 1. The Balaban J connectivity index is 1.25. The van der Waals surface area contributed by atoms with Crippen LogP contribution in [0.1, 0.15) is 27.2 Å². The van der Waals surface area contributed by atoms with E-state index in [0.29, 0.717) is 43.3 Å². The number of hydrogen-bond acceptors (Lipinski definition) is 7. The van der Waals surface area contributed by atoms with Crippen LogP contribution in [0, 0.1) is 0 Å². The summed E-state index contributed by atoms with van der Waals surface area (Å²) in [6.45, 7) is 7.41. The lowest BCUT2D eigenvalue weighted by Crippen LogP contribution is -2.54. The SMILES string of the molecule is CC(C)(C)OC(=O)N1CCN([C@H]2CC(=O)N(c3ccc(-c4nc5ccccc5o4)cc3)C2=O)CC1. The number of benzene rings is 2. The maximum atomic E-state index is 13.2. The average molecular weight is 477 g/mol. The van der Waals surface area contributed by atoms with Crippen molar-refractivity contribution in [3.8, 4) is 11.5 Å². The van der Waals surface area contributed by atoms with Gasteiger partial charge in [0.15, 0.2) is 5.58 Å². The monoisotopic (exact) mass is 476 g/mol. The highest BCUT2D eigenvalue weighted by molar-refractivity contribution is 6.22. The Morgan fingerprint density at radius 1 is 1.00 bits per heavy atom. The molecule has 3 heterocycles. The Morgan fingerprint density at radius 3 is 2.34 bits per heavy atom. The van der Waals surface area contributed by atoms with Crippen molar-refractivity contribution in [1.29, 1.82) is 0 Å². The van der Waals surface area contributed by atoms with Crippen molar-refractivity contribution in [1.82, 2.24) is 14.8 Å². The summed E-state index contributed by atoms with van der Waals surface area (Å²) in [6.07, 6.45) is -0.232. The minimum absolute atomic E-state index is 0.123. The second kappa shape index (κ2) is 8.81. The maximum Gasteiger partial charge on any atom is 0.410 e. The molecular formula is C26H28N4O5.